The van der Waals surface area contributed by atoms with Gasteiger partial charge in [-0.15, -0.1) is 0 Å². The molecule has 0 N–H and O–H groups in total. The summed E-state index contributed by atoms with van der Waals surface area (Å²) >= 11 is 5.19. The predicted molar refractivity (Wildman–Crippen MR) is 68.3 cm³/mol. The Labute approximate surface area is 98.5 Å². The summed E-state index contributed by atoms with van der Waals surface area (Å²) in [7, 11) is 0. The largest absolute Gasteiger partial charge is 0.281 e. The molecule has 0 saturated carbocycles. The quantitative estimate of drug-likeness (QED) is 0.700. The van der Waals surface area contributed by atoms with Crippen molar-refractivity contribution in [2.24, 2.45) is 0 Å². The van der Waals surface area contributed by atoms with E-state index >= 15 is 0 Å². The van der Waals surface area contributed by atoms with E-state index in [-0.39, 0.29) is 5.24 Å². The summed E-state index contributed by atoms with van der Waals surface area (Å²) in [5.74, 6) is 0. The highest BCUT2D eigenvalue weighted by Gasteiger charge is 1.96. The monoisotopic (exact) mass is 228 g/mol. The topological polar surface area (TPSA) is 17.1 Å². The van der Waals surface area contributed by atoms with Gasteiger partial charge in [0.1, 0.15) is 0 Å². The Morgan fingerprint density at radius 1 is 1.07 bits per heavy atom. The van der Waals surface area contributed by atoms with Crippen molar-refractivity contribution >= 4 is 16.8 Å². The summed E-state index contributed by atoms with van der Waals surface area (Å²) < 4.78 is 0. The van der Waals surface area contributed by atoms with E-state index in [0.717, 1.165) is 12.0 Å². The molecule has 0 atom stereocenters. The Kier molecular flexibility index (Phi) is 14.6. The van der Waals surface area contributed by atoms with E-state index in [1.54, 1.807) is 0 Å². The standard InChI is InChI=1S/C9H9ClO.2C2H6/c10-9(11)7-6-8-4-2-1-3-5-8;2*1-2/h1-5H,6-7H2;2*1-2H3. The first-order valence-corrected chi connectivity index (χ1v) is 5.89. The van der Waals surface area contributed by atoms with E-state index in [2.05, 4.69) is 0 Å². The number of aryl methyl sites for hydroxylation is 1. The molecular formula is C13H21ClO. The minimum Gasteiger partial charge on any atom is -0.281 e. The van der Waals surface area contributed by atoms with Gasteiger partial charge in [-0.3, -0.25) is 4.79 Å². The number of hydrogen-bond donors (Lipinski definition) is 0. The molecule has 0 aliphatic carbocycles. The number of halogens is 1. The van der Waals surface area contributed by atoms with Crippen LogP contribution in [0.15, 0.2) is 30.3 Å². The van der Waals surface area contributed by atoms with Crippen LogP contribution in [0.4, 0.5) is 0 Å². The lowest BCUT2D eigenvalue weighted by molar-refractivity contribution is -0.111. The molecule has 0 saturated heterocycles. The van der Waals surface area contributed by atoms with E-state index in [1.165, 1.54) is 0 Å². The van der Waals surface area contributed by atoms with Crippen molar-refractivity contribution in [1.82, 2.24) is 0 Å². The van der Waals surface area contributed by atoms with Crippen LogP contribution >= 0.6 is 11.6 Å². The Morgan fingerprint density at radius 3 is 1.93 bits per heavy atom. The van der Waals surface area contributed by atoms with Crippen molar-refractivity contribution in [3.63, 3.8) is 0 Å². The zero-order valence-electron chi connectivity index (χ0n) is 10.1. The van der Waals surface area contributed by atoms with Gasteiger partial charge in [-0.05, 0) is 23.6 Å². The molecule has 0 aliphatic rings. The van der Waals surface area contributed by atoms with Crippen LogP contribution in [0.5, 0.6) is 0 Å². The third-order valence-corrected chi connectivity index (χ3v) is 1.64. The van der Waals surface area contributed by atoms with E-state index in [9.17, 15) is 4.79 Å². The summed E-state index contributed by atoms with van der Waals surface area (Å²) in [6, 6.07) is 9.83. The maximum atomic E-state index is 10.4. The van der Waals surface area contributed by atoms with Gasteiger partial charge in [0.25, 0.3) is 0 Å². The van der Waals surface area contributed by atoms with Crippen molar-refractivity contribution in [2.75, 3.05) is 0 Å². The molecule has 1 aromatic carbocycles. The van der Waals surface area contributed by atoms with Crippen LogP contribution in [0, 0.1) is 0 Å². The smallest absolute Gasteiger partial charge is 0.221 e. The van der Waals surface area contributed by atoms with Crippen LogP contribution in [0.25, 0.3) is 0 Å². The minimum absolute atomic E-state index is 0.270. The Balaban J connectivity index is 0. The lowest BCUT2D eigenvalue weighted by atomic mass is 10.1. The van der Waals surface area contributed by atoms with Crippen LogP contribution in [0.3, 0.4) is 0 Å². The molecule has 0 spiro atoms. The molecule has 0 aromatic heterocycles. The van der Waals surface area contributed by atoms with Gasteiger partial charge in [-0.2, -0.15) is 0 Å². The molecule has 0 bridgehead atoms. The predicted octanol–water partition coefficient (Wildman–Crippen LogP) is 4.44. The lowest BCUT2D eigenvalue weighted by Crippen LogP contribution is -1.90. The van der Waals surface area contributed by atoms with Crippen molar-refractivity contribution in [3.05, 3.63) is 35.9 Å². The molecule has 0 unspecified atom stereocenters. The average molecular weight is 229 g/mol. The fourth-order valence-corrected chi connectivity index (χ4v) is 0.982. The molecule has 1 aromatic rings. The first-order chi connectivity index (χ1) is 7.29. The summed E-state index contributed by atoms with van der Waals surface area (Å²) in [5, 5.41) is -0.270. The van der Waals surface area contributed by atoms with Crippen LogP contribution in [-0.2, 0) is 11.2 Å². The van der Waals surface area contributed by atoms with Crippen LogP contribution in [0.1, 0.15) is 39.7 Å². The molecule has 1 rings (SSSR count). The van der Waals surface area contributed by atoms with Gasteiger partial charge in [-0.25, -0.2) is 0 Å². The molecule has 0 aliphatic heterocycles. The molecule has 86 valence electrons. The van der Waals surface area contributed by atoms with E-state index in [0.29, 0.717) is 6.42 Å². The number of rotatable bonds is 3. The van der Waals surface area contributed by atoms with Gasteiger partial charge in [0, 0.05) is 6.42 Å². The number of carbonyl (C=O) groups is 1. The minimum atomic E-state index is -0.270. The Bertz CT molecular complexity index is 232. The fraction of sp³-hybridized carbons (Fsp3) is 0.462. The van der Waals surface area contributed by atoms with Gasteiger partial charge >= 0.3 is 0 Å². The maximum absolute atomic E-state index is 10.4. The summed E-state index contributed by atoms with van der Waals surface area (Å²) in [4.78, 5) is 10.4. The fourth-order valence-electron chi connectivity index (χ4n) is 0.887. The first kappa shape index (κ1) is 16.6. The second kappa shape index (κ2) is 13.2. The molecule has 15 heavy (non-hydrogen) atoms. The third kappa shape index (κ3) is 11.1. The van der Waals surface area contributed by atoms with Crippen molar-refractivity contribution in [1.29, 1.82) is 0 Å². The zero-order chi connectivity index (χ0) is 12.1. The van der Waals surface area contributed by atoms with Gasteiger partial charge in [0.05, 0.1) is 0 Å². The highest BCUT2D eigenvalue weighted by atomic mass is 35.5. The lowest BCUT2D eigenvalue weighted by Gasteiger charge is -1.95. The zero-order valence-corrected chi connectivity index (χ0v) is 10.8. The average Bonchev–Trinajstić information content (AvgIpc) is 2.33. The number of benzene rings is 1. The summed E-state index contributed by atoms with van der Waals surface area (Å²) in [5.41, 5.74) is 1.15. The number of hydrogen-bond acceptors (Lipinski definition) is 1. The number of carbonyl (C=O) groups excluding carboxylic acids is 1. The first-order valence-electron chi connectivity index (χ1n) is 5.51. The molecule has 0 fully saturated rings. The molecule has 2 heteroatoms. The Morgan fingerprint density at radius 2 is 1.53 bits per heavy atom. The van der Waals surface area contributed by atoms with Gasteiger partial charge in [-0.1, -0.05) is 58.0 Å². The highest BCUT2D eigenvalue weighted by Crippen LogP contribution is 2.03. The van der Waals surface area contributed by atoms with Crippen molar-refractivity contribution in [2.45, 2.75) is 40.5 Å². The van der Waals surface area contributed by atoms with E-state index in [1.807, 2.05) is 58.0 Å². The Hall–Kier alpha value is -0.820. The highest BCUT2D eigenvalue weighted by molar-refractivity contribution is 6.63. The van der Waals surface area contributed by atoms with Gasteiger partial charge in [0.2, 0.25) is 5.24 Å². The molecule has 1 nitrogen and oxygen atoms in total. The maximum Gasteiger partial charge on any atom is 0.221 e. The van der Waals surface area contributed by atoms with Crippen molar-refractivity contribution in [3.8, 4) is 0 Å². The molecular weight excluding hydrogens is 208 g/mol. The normalized spacial score (nSPS) is 7.80. The summed E-state index contributed by atoms with van der Waals surface area (Å²) in [6.07, 6.45) is 1.16. The SMILES string of the molecule is CC.CC.O=C(Cl)CCc1ccccc1. The van der Waals surface area contributed by atoms with Gasteiger partial charge in [0.15, 0.2) is 0 Å². The van der Waals surface area contributed by atoms with Crippen LogP contribution < -0.4 is 0 Å². The van der Waals surface area contributed by atoms with Crippen molar-refractivity contribution < 1.29 is 4.79 Å². The second-order valence-corrected chi connectivity index (χ2v) is 2.76. The van der Waals surface area contributed by atoms with Crippen LogP contribution in [0.2, 0.25) is 0 Å². The third-order valence-electron chi connectivity index (χ3n) is 1.45. The van der Waals surface area contributed by atoms with Gasteiger partial charge < -0.3 is 0 Å². The second-order valence-electron chi connectivity index (χ2n) is 2.34. The van der Waals surface area contributed by atoms with E-state index in [4.69, 9.17) is 11.6 Å². The summed E-state index contributed by atoms with van der Waals surface area (Å²) in [6.45, 7) is 8.00. The van der Waals surface area contributed by atoms with Crippen LogP contribution in [-0.4, -0.2) is 5.24 Å². The molecule has 0 radical (unpaired) electrons. The molecule has 0 heterocycles. The molecule has 0 amide bonds. The van der Waals surface area contributed by atoms with E-state index < -0.39 is 0 Å².